The number of ether oxygens (including phenoxy) is 1. The maximum absolute atomic E-state index is 5.75. The summed E-state index contributed by atoms with van der Waals surface area (Å²) in [4.78, 5) is 0. The van der Waals surface area contributed by atoms with Crippen LogP contribution in [0.3, 0.4) is 0 Å². The van der Waals surface area contributed by atoms with Gasteiger partial charge >= 0.3 is 0 Å². The van der Waals surface area contributed by atoms with Gasteiger partial charge in [0.25, 0.3) is 0 Å². The van der Waals surface area contributed by atoms with Crippen molar-refractivity contribution in [2.24, 2.45) is 11.8 Å². The molecule has 1 aliphatic rings. The van der Waals surface area contributed by atoms with Crippen LogP contribution in [-0.2, 0) is 0 Å². The maximum atomic E-state index is 5.75. The Morgan fingerprint density at radius 3 is 2.85 bits per heavy atom. The molecule has 2 atom stereocenters. The zero-order valence-corrected chi connectivity index (χ0v) is 13.2. The number of nitrogens with one attached hydrogen (secondary N) is 1. The van der Waals surface area contributed by atoms with Crippen LogP contribution in [0.15, 0.2) is 24.3 Å². The molecular formula is C18H29NO. The predicted octanol–water partition coefficient (Wildman–Crippen LogP) is 4.21. The summed E-state index contributed by atoms with van der Waals surface area (Å²) in [6.45, 7) is 10.1. The molecule has 2 unspecified atom stereocenters. The van der Waals surface area contributed by atoms with Crippen LogP contribution in [0.5, 0.6) is 5.75 Å². The topological polar surface area (TPSA) is 21.3 Å². The Bertz CT molecular complexity index is 402. The van der Waals surface area contributed by atoms with Gasteiger partial charge in [0.15, 0.2) is 0 Å². The standard InChI is InChI=1S/C18H29NO/c1-14(2)13-19-10-8-15(3)12-16-9-11-20-18-7-5-4-6-17(16)18/h4-7,14-16,19H,8-13H2,1-3H3. The lowest BCUT2D eigenvalue weighted by atomic mass is 9.84. The van der Waals surface area contributed by atoms with Gasteiger partial charge in [0.05, 0.1) is 6.61 Å². The average Bonchev–Trinajstić information content (AvgIpc) is 2.44. The first-order chi connectivity index (χ1) is 9.66. The van der Waals surface area contributed by atoms with Crippen molar-refractivity contribution in [1.82, 2.24) is 5.32 Å². The summed E-state index contributed by atoms with van der Waals surface area (Å²) in [5.74, 6) is 3.30. The van der Waals surface area contributed by atoms with E-state index in [0.29, 0.717) is 5.92 Å². The maximum Gasteiger partial charge on any atom is 0.122 e. The van der Waals surface area contributed by atoms with E-state index in [1.54, 1.807) is 0 Å². The normalized spacial score (nSPS) is 19.5. The van der Waals surface area contributed by atoms with Gasteiger partial charge in [-0.1, -0.05) is 39.0 Å². The van der Waals surface area contributed by atoms with E-state index in [2.05, 4.69) is 50.4 Å². The summed E-state index contributed by atoms with van der Waals surface area (Å²) in [5.41, 5.74) is 1.42. The van der Waals surface area contributed by atoms with Crippen LogP contribution in [0.25, 0.3) is 0 Å². The molecule has 0 spiro atoms. The Hall–Kier alpha value is -1.02. The van der Waals surface area contributed by atoms with Gasteiger partial charge in [-0.3, -0.25) is 0 Å². The summed E-state index contributed by atoms with van der Waals surface area (Å²) >= 11 is 0. The smallest absolute Gasteiger partial charge is 0.122 e. The molecule has 0 aliphatic carbocycles. The molecule has 0 amide bonds. The molecule has 0 saturated heterocycles. The van der Waals surface area contributed by atoms with Gasteiger partial charge in [-0.15, -0.1) is 0 Å². The van der Waals surface area contributed by atoms with E-state index in [0.717, 1.165) is 37.3 Å². The fourth-order valence-electron chi connectivity index (χ4n) is 3.00. The largest absolute Gasteiger partial charge is 0.493 e. The van der Waals surface area contributed by atoms with Crippen LogP contribution < -0.4 is 10.1 Å². The second-order valence-electron chi connectivity index (χ2n) is 6.60. The summed E-state index contributed by atoms with van der Waals surface area (Å²) in [6.07, 6.45) is 3.72. The minimum Gasteiger partial charge on any atom is -0.493 e. The lowest BCUT2D eigenvalue weighted by Crippen LogP contribution is -2.23. The van der Waals surface area contributed by atoms with Crippen LogP contribution in [0, 0.1) is 11.8 Å². The van der Waals surface area contributed by atoms with Gasteiger partial charge in [0, 0.05) is 0 Å². The number of hydrogen-bond acceptors (Lipinski definition) is 2. The van der Waals surface area contributed by atoms with Crippen molar-refractivity contribution >= 4 is 0 Å². The van der Waals surface area contributed by atoms with Crippen molar-refractivity contribution < 1.29 is 4.74 Å². The molecule has 0 radical (unpaired) electrons. The zero-order valence-electron chi connectivity index (χ0n) is 13.2. The molecule has 1 aliphatic heterocycles. The Morgan fingerprint density at radius 1 is 1.25 bits per heavy atom. The van der Waals surface area contributed by atoms with Crippen LogP contribution >= 0.6 is 0 Å². The van der Waals surface area contributed by atoms with Gasteiger partial charge in [-0.05, 0) is 61.7 Å². The van der Waals surface area contributed by atoms with Crippen LogP contribution in [0.2, 0.25) is 0 Å². The van der Waals surface area contributed by atoms with E-state index in [-0.39, 0.29) is 0 Å². The number of benzene rings is 1. The van der Waals surface area contributed by atoms with E-state index in [1.807, 2.05) is 0 Å². The monoisotopic (exact) mass is 275 g/mol. The van der Waals surface area contributed by atoms with E-state index in [9.17, 15) is 0 Å². The minimum absolute atomic E-state index is 0.681. The van der Waals surface area contributed by atoms with Crippen molar-refractivity contribution in [3.05, 3.63) is 29.8 Å². The summed E-state index contributed by atoms with van der Waals surface area (Å²) in [5, 5.41) is 3.55. The molecule has 20 heavy (non-hydrogen) atoms. The molecule has 0 aromatic heterocycles. The Kier molecular flexibility index (Phi) is 5.90. The molecule has 2 heteroatoms. The highest BCUT2D eigenvalue weighted by Crippen LogP contribution is 2.37. The summed E-state index contributed by atoms with van der Waals surface area (Å²) < 4.78 is 5.75. The van der Waals surface area contributed by atoms with Crippen LogP contribution in [0.1, 0.15) is 51.5 Å². The Balaban J connectivity index is 1.79. The van der Waals surface area contributed by atoms with Gasteiger partial charge in [-0.2, -0.15) is 0 Å². The number of hydrogen-bond donors (Lipinski definition) is 1. The quantitative estimate of drug-likeness (QED) is 0.752. The third-order valence-electron chi connectivity index (χ3n) is 4.14. The second-order valence-corrected chi connectivity index (χ2v) is 6.60. The first-order valence-corrected chi connectivity index (χ1v) is 8.09. The first kappa shape index (κ1) is 15.4. The van der Waals surface area contributed by atoms with Crippen molar-refractivity contribution in [3.8, 4) is 5.75 Å². The number of para-hydroxylation sites is 1. The van der Waals surface area contributed by atoms with Gasteiger partial charge in [0.1, 0.15) is 5.75 Å². The predicted molar refractivity (Wildman–Crippen MR) is 85.4 cm³/mol. The number of rotatable bonds is 7. The van der Waals surface area contributed by atoms with Gasteiger partial charge in [0.2, 0.25) is 0 Å². The lowest BCUT2D eigenvalue weighted by Gasteiger charge is -2.28. The molecule has 1 aromatic rings. The van der Waals surface area contributed by atoms with E-state index < -0.39 is 0 Å². The molecule has 1 N–H and O–H groups in total. The lowest BCUT2D eigenvalue weighted by molar-refractivity contribution is 0.252. The Labute approximate surface area is 123 Å². The van der Waals surface area contributed by atoms with Gasteiger partial charge in [-0.25, -0.2) is 0 Å². The van der Waals surface area contributed by atoms with Crippen molar-refractivity contribution in [1.29, 1.82) is 0 Å². The molecule has 0 saturated carbocycles. The molecule has 0 fully saturated rings. The van der Waals surface area contributed by atoms with E-state index in [4.69, 9.17) is 4.74 Å². The van der Waals surface area contributed by atoms with Crippen LogP contribution in [-0.4, -0.2) is 19.7 Å². The highest BCUT2D eigenvalue weighted by Gasteiger charge is 2.22. The fraction of sp³-hybridized carbons (Fsp3) is 0.667. The Morgan fingerprint density at radius 2 is 2.05 bits per heavy atom. The fourth-order valence-corrected chi connectivity index (χ4v) is 3.00. The summed E-state index contributed by atoms with van der Waals surface area (Å²) in [7, 11) is 0. The van der Waals surface area contributed by atoms with Crippen molar-refractivity contribution in [3.63, 3.8) is 0 Å². The SMILES string of the molecule is CC(C)CNCCC(C)CC1CCOc2ccccc21. The third-order valence-corrected chi connectivity index (χ3v) is 4.14. The van der Waals surface area contributed by atoms with Crippen LogP contribution in [0.4, 0.5) is 0 Å². The molecule has 112 valence electrons. The molecule has 2 rings (SSSR count). The van der Waals surface area contributed by atoms with Crippen molar-refractivity contribution in [2.45, 2.75) is 46.0 Å². The molecule has 0 bridgehead atoms. The zero-order chi connectivity index (χ0) is 14.4. The highest BCUT2D eigenvalue weighted by atomic mass is 16.5. The highest BCUT2D eigenvalue weighted by molar-refractivity contribution is 5.37. The van der Waals surface area contributed by atoms with E-state index >= 15 is 0 Å². The first-order valence-electron chi connectivity index (χ1n) is 8.09. The third kappa shape index (κ3) is 4.52. The van der Waals surface area contributed by atoms with Crippen molar-refractivity contribution in [2.75, 3.05) is 19.7 Å². The molecule has 1 heterocycles. The molecule has 1 aromatic carbocycles. The number of fused-ring (bicyclic) bond motifs is 1. The van der Waals surface area contributed by atoms with E-state index in [1.165, 1.54) is 24.8 Å². The molecule has 2 nitrogen and oxygen atoms in total. The average molecular weight is 275 g/mol. The minimum atomic E-state index is 0.681. The second kappa shape index (κ2) is 7.68. The molecular weight excluding hydrogens is 246 g/mol. The summed E-state index contributed by atoms with van der Waals surface area (Å²) in [6, 6.07) is 8.55. The van der Waals surface area contributed by atoms with Gasteiger partial charge < -0.3 is 10.1 Å².